The van der Waals surface area contributed by atoms with Gasteiger partial charge in [0.1, 0.15) is 0 Å². The Morgan fingerprint density at radius 1 is 0.943 bits per heavy atom. The molecule has 0 spiro atoms. The van der Waals surface area contributed by atoms with Gasteiger partial charge in [0.25, 0.3) is 5.91 Å². The quantitative estimate of drug-likeness (QED) is 0.392. The third-order valence-electron chi connectivity index (χ3n) is 5.88. The van der Waals surface area contributed by atoms with Crippen LogP contribution in [0.3, 0.4) is 0 Å². The molecule has 0 aliphatic carbocycles. The molecule has 6 nitrogen and oxygen atoms in total. The van der Waals surface area contributed by atoms with Gasteiger partial charge in [0.05, 0.1) is 30.8 Å². The Hall–Kier alpha value is -3.51. The van der Waals surface area contributed by atoms with E-state index in [0.29, 0.717) is 35.1 Å². The number of rotatable bonds is 11. The van der Waals surface area contributed by atoms with Crippen LogP contribution >= 0.6 is 11.6 Å². The summed E-state index contributed by atoms with van der Waals surface area (Å²) in [6.07, 6.45) is 0.827. The third kappa shape index (κ3) is 6.99. The van der Waals surface area contributed by atoms with Crippen LogP contribution in [0.5, 0.6) is 11.5 Å². The number of carbonyl (C=O) groups excluding carboxylic acids is 2. The zero-order chi connectivity index (χ0) is 25.2. The van der Waals surface area contributed by atoms with E-state index in [1.165, 1.54) is 0 Å². The number of halogens is 1. The maximum atomic E-state index is 13.4. The Morgan fingerprint density at radius 2 is 1.63 bits per heavy atom. The van der Waals surface area contributed by atoms with E-state index >= 15 is 0 Å². The van der Waals surface area contributed by atoms with Gasteiger partial charge in [-0.2, -0.15) is 0 Å². The van der Waals surface area contributed by atoms with Crippen molar-refractivity contribution in [1.82, 2.24) is 10.2 Å². The highest BCUT2D eigenvalue weighted by molar-refractivity contribution is 6.33. The van der Waals surface area contributed by atoms with E-state index in [4.69, 9.17) is 21.1 Å². The largest absolute Gasteiger partial charge is 0.493 e. The van der Waals surface area contributed by atoms with Crippen LogP contribution in [0.1, 0.15) is 40.9 Å². The summed E-state index contributed by atoms with van der Waals surface area (Å²) in [7, 11) is 3.19. The molecular weight excluding hydrogens is 464 g/mol. The predicted molar refractivity (Wildman–Crippen MR) is 138 cm³/mol. The zero-order valence-electron chi connectivity index (χ0n) is 20.3. The number of hydrogen-bond donors (Lipinski definition) is 1. The van der Waals surface area contributed by atoms with Crippen molar-refractivity contribution >= 4 is 23.4 Å². The second-order valence-corrected chi connectivity index (χ2v) is 8.51. The first-order chi connectivity index (χ1) is 16.9. The maximum absolute atomic E-state index is 13.4. The fraction of sp³-hybridized carbons (Fsp3) is 0.286. The number of nitrogens with zero attached hydrogens (tertiary/aromatic N) is 1. The van der Waals surface area contributed by atoms with Crippen molar-refractivity contribution in [2.45, 2.75) is 25.8 Å². The number of ether oxygens (including phenoxy) is 2. The average molecular weight is 495 g/mol. The molecule has 0 saturated heterocycles. The molecule has 1 N–H and O–H groups in total. The topological polar surface area (TPSA) is 67.9 Å². The fourth-order valence-electron chi connectivity index (χ4n) is 3.86. The molecule has 3 rings (SSSR count). The summed E-state index contributed by atoms with van der Waals surface area (Å²) in [4.78, 5) is 27.7. The van der Waals surface area contributed by atoms with Gasteiger partial charge in [-0.1, -0.05) is 60.1 Å². The summed E-state index contributed by atoms with van der Waals surface area (Å²) >= 11 is 6.30. The Bertz CT molecular complexity index is 1140. The van der Waals surface area contributed by atoms with E-state index in [1.807, 2.05) is 55.5 Å². The maximum Gasteiger partial charge on any atom is 0.255 e. The molecule has 2 amide bonds. The minimum atomic E-state index is -0.223. The summed E-state index contributed by atoms with van der Waals surface area (Å²) in [6, 6.07) is 22.2. The zero-order valence-corrected chi connectivity index (χ0v) is 21.0. The molecule has 0 aliphatic rings. The Kier molecular flexibility index (Phi) is 9.56. The van der Waals surface area contributed by atoms with Crippen LogP contribution in [0.25, 0.3) is 0 Å². The lowest BCUT2D eigenvalue weighted by molar-refractivity contribution is -0.121. The standard InChI is InChI=1S/C28H31ClN2O4/c1-20(22-9-5-4-6-10-22)31(28(33)23-11-7-8-12-24(23)29)18-16-27(32)30-17-15-21-13-14-25(34-2)26(19-21)35-3/h4-14,19-20H,15-18H2,1-3H3,(H,30,32). The molecule has 0 bridgehead atoms. The number of nitrogens with one attached hydrogen (secondary N) is 1. The Labute approximate surface area is 211 Å². The molecule has 0 aromatic heterocycles. The molecule has 0 aliphatic heterocycles. The number of hydrogen-bond acceptors (Lipinski definition) is 4. The van der Waals surface area contributed by atoms with Crippen molar-refractivity contribution in [3.05, 3.63) is 94.5 Å². The SMILES string of the molecule is COc1ccc(CCNC(=O)CCN(C(=O)c2ccccc2Cl)C(C)c2ccccc2)cc1OC. The average Bonchev–Trinajstić information content (AvgIpc) is 2.89. The lowest BCUT2D eigenvalue weighted by Gasteiger charge is -2.30. The van der Waals surface area contributed by atoms with E-state index in [1.54, 1.807) is 43.4 Å². The summed E-state index contributed by atoms with van der Waals surface area (Å²) in [5.74, 6) is 0.990. The fourth-order valence-corrected chi connectivity index (χ4v) is 4.08. The second-order valence-electron chi connectivity index (χ2n) is 8.10. The van der Waals surface area contributed by atoms with Gasteiger partial charge in [-0.3, -0.25) is 9.59 Å². The molecule has 35 heavy (non-hydrogen) atoms. The summed E-state index contributed by atoms with van der Waals surface area (Å²) in [5.41, 5.74) is 2.43. The first kappa shape index (κ1) is 26.1. The van der Waals surface area contributed by atoms with Gasteiger partial charge < -0.3 is 19.7 Å². The number of amides is 2. The van der Waals surface area contributed by atoms with Crippen molar-refractivity contribution in [3.63, 3.8) is 0 Å². The third-order valence-corrected chi connectivity index (χ3v) is 6.21. The minimum absolute atomic E-state index is 0.123. The molecule has 0 heterocycles. The second kappa shape index (κ2) is 12.8. The molecule has 0 saturated carbocycles. The summed E-state index contributed by atoms with van der Waals surface area (Å²) in [6.45, 7) is 2.70. The van der Waals surface area contributed by atoms with Crippen LogP contribution in [-0.2, 0) is 11.2 Å². The van der Waals surface area contributed by atoms with Gasteiger partial charge in [-0.15, -0.1) is 0 Å². The molecule has 0 radical (unpaired) electrons. The van der Waals surface area contributed by atoms with Gasteiger partial charge in [-0.25, -0.2) is 0 Å². The molecule has 3 aromatic rings. The van der Waals surface area contributed by atoms with Crippen molar-refractivity contribution < 1.29 is 19.1 Å². The summed E-state index contributed by atoms with van der Waals surface area (Å²) in [5, 5.41) is 3.34. The lowest BCUT2D eigenvalue weighted by Crippen LogP contribution is -2.37. The van der Waals surface area contributed by atoms with Crippen molar-refractivity contribution in [2.24, 2.45) is 0 Å². The van der Waals surface area contributed by atoms with E-state index < -0.39 is 0 Å². The van der Waals surface area contributed by atoms with Crippen molar-refractivity contribution in [1.29, 1.82) is 0 Å². The normalized spacial score (nSPS) is 11.4. The van der Waals surface area contributed by atoms with E-state index in [2.05, 4.69) is 5.32 Å². The van der Waals surface area contributed by atoms with Crippen LogP contribution in [0.15, 0.2) is 72.8 Å². The van der Waals surface area contributed by atoms with Crippen LogP contribution in [0.4, 0.5) is 0 Å². The highest BCUT2D eigenvalue weighted by atomic mass is 35.5. The van der Waals surface area contributed by atoms with Crippen LogP contribution < -0.4 is 14.8 Å². The Morgan fingerprint density at radius 3 is 2.31 bits per heavy atom. The molecule has 1 unspecified atom stereocenters. The van der Waals surface area contributed by atoms with E-state index in [9.17, 15) is 9.59 Å². The van der Waals surface area contributed by atoms with Crippen LogP contribution in [-0.4, -0.2) is 44.0 Å². The Balaban J connectivity index is 1.63. The van der Waals surface area contributed by atoms with Gasteiger partial charge in [-0.05, 0) is 48.7 Å². The van der Waals surface area contributed by atoms with E-state index in [-0.39, 0.29) is 30.8 Å². The highest BCUT2D eigenvalue weighted by Gasteiger charge is 2.24. The molecule has 7 heteroatoms. The number of methoxy groups -OCH3 is 2. The van der Waals surface area contributed by atoms with Gasteiger partial charge in [0, 0.05) is 19.5 Å². The molecule has 3 aromatic carbocycles. The summed E-state index contributed by atoms with van der Waals surface area (Å²) < 4.78 is 10.6. The van der Waals surface area contributed by atoms with Crippen LogP contribution in [0, 0.1) is 0 Å². The van der Waals surface area contributed by atoms with Gasteiger partial charge in [0.2, 0.25) is 5.91 Å². The van der Waals surface area contributed by atoms with Gasteiger partial charge in [0.15, 0.2) is 11.5 Å². The molecular formula is C28H31ClN2O4. The van der Waals surface area contributed by atoms with Crippen molar-refractivity contribution in [3.8, 4) is 11.5 Å². The van der Waals surface area contributed by atoms with Crippen molar-refractivity contribution in [2.75, 3.05) is 27.3 Å². The molecule has 1 atom stereocenters. The number of carbonyl (C=O) groups is 2. The van der Waals surface area contributed by atoms with Gasteiger partial charge >= 0.3 is 0 Å². The lowest BCUT2D eigenvalue weighted by atomic mass is 10.0. The minimum Gasteiger partial charge on any atom is -0.493 e. The smallest absolute Gasteiger partial charge is 0.255 e. The first-order valence-electron chi connectivity index (χ1n) is 11.5. The van der Waals surface area contributed by atoms with Crippen LogP contribution in [0.2, 0.25) is 5.02 Å². The molecule has 184 valence electrons. The monoisotopic (exact) mass is 494 g/mol. The van der Waals surface area contributed by atoms with E-state index in [0.717, 1.165) is 11.1 Å². The first-order valence-corrected chi connectivity index (χ1v) is 11.9. The molecule has 0 fully saturated rings. The number of benzene rings is 3. The predicted octanol–water partition coefficient (Wildman–Crippen LogP) is 5.31. The highest BCUT2D eigenvalue weighted by Crippen LogP contribution is 2.28.